The zero-order valence-corrected chi connectivity index (χ0v) is 9.09. The molecule has 3 heteroatoms. The fraction of sp³-hybridized carbons (Fsp3) is 1.00. The number of nitrogens with two attached hydrogens (primary N) is 1. The molecule has 1 aliphatic heterocycles. The summed E-state index contributed by atoms with van der Waals surface area (Å²) in [6, 6.07) is 0.424. The summed E-state index contributed by atoms with van der Waals surface area (Å²) in [5.41, 5.74) is 6.25. The fourth-order valence-electron chi connectivity index (χ4n) is 2.50. The molecule has 0 aromatic heterocycles. The number of rotatable bonds is 3. The van der Waals surface area contributed by atoms with E-state index in [9.17, 15) is 0 Å². The molecule has 0 aromatic carbocycles. The molecule has 0 radical (unpaired) electrons. The fourth-order valence-corrected chi connectivity index (χ4v) is 2.50. The molecule has 2 fully saturated rings. The van der Waals surface area contributed by atoms with Gasteiger partial charge in [0.1, 0.15) is 0 Å². The van der Waals surface area contributed by atoms with Gasteiger partial charge in [-0.25, -0.2) is 0 Å². The molecule has 1 heterocycles. The number of ether oxygens (including phenoxy) is 1. The zero-order chi connectivity index (χ0) is 10.0. The lowest BCUT2D eigenvalue weighted by atomic mass is 9.98. The molecule has 0 bridgehead atoms. The largest absolute Gasteiger partial charge is 0.379 e. The lowest BCUT2D eigenvalue weighted by molar-refractivity contribution is 0.169. The summed E-state index contributed by atoms with van der Waals surface area (Å²) < 4.78 is 5.41. The van der Waals surface area contributed by atoms with E-state index in [2.05, 4.69) is 12.2 Å². The van der Waals surface area contributed by atoms with Crippen LogP contribution < -0.4 is 11.1 Å². The molecule has 2 rings (SSSR count). The molecular weight excluding hydrogens is 176 g/mol. The van der Waals surface area contributed by atoms with Gasteiger partial charge in [0.15, 0.2) is 0 Å². The average molecular weight is 198 g/mol. The Labute approximate surface area is 86.4 Å². The van der Waals surface area contributed by atoms with E-state index in [1.807, 2.05) is 0 Å². The first-order valence-corrected chi connectivity index (χ1v) is 5.78. The molecule has 3 unspecified atom stereocenters. The van der Waals surface area contributed by atoms with Crippen molar-refractivity contribution in [3.63, 3.8) is 0 Å². The normalized spacial score (nSPS) is 43.3. The summed E-state index contributed by atoms with van der Waals surface area (Å²) >= 11 is 0. The van der Waals surface area contributed by atoms with Gasteiger partial charge in [-0.2, -0.15) is 0 Å². The van der Waals surface area contributed by atoms with Crippen molar-refractivity contribution in [3.8, 4) is 0 Å². The summed E-state index contributed by atoms with van der Waals surface area (Å²) in [4.78, 5) is 0. The highest BCUT2D eigenvalue weighted by atomic mass is 16.5. The van der Waals surface area contributed by atoms with Crippen LogP contribution in [0.25, 0.3) is 0 Å². The minimum absolute atomic E-state index is 0.211. The van der Waals surface area contributed by atoms with Crippen molar-refractivity contribution in [2.45, 2.75) is 44.2 Å². The second-order valence-electron chi connectivity index (χ2n) is 5.10. The third-order valence-corrected chi connectivity index (χ3v) is 3.73. The van der Waals surface area contributed by atoms with Crippen LogP contribution in [0.5, 0.6) is 0 Å². The van der Waals surface area contributed by atoms with Gasteiger partial charge < -0.3 is 15.8 Å². The molecule has 3 nitrogen and oxygen atoms in total. The van der Waals surface area contributed by atoms with Crippen LogP contribution in [0.1, 0.15) is 32.6 Å². The second-order valence-corrected chi connectivity index (χ2v) is 5.10. The van der Waals surface area contributed by atoms with Crippen LogP contribution in [-0.4, -0.2) is 31.3 Å². The van der Waals surface area contributed by atoms with Crippen molar-refractivity contribution in [2.24, 2.45) is 11.7 Å². The van der Waals surface area contributed by atoms with Gasteiger partial charge in [-0.3, -0.25) is 0 Å². The van der Waals surface area contributed by atoms with Crippen LogP contribution in [0.3, 0.4) is 0 Å². The number of hydrogen-bond donors (Lipinski definition) is 2. The van der Waals surface area contributed by atoms with Gasteiger partial charge in [-0.1, -0.05) is 6.42 Å². The summed E-state index contributed by atoms with van der Waals surface area (Å²) in [5, 5.41) is 3.63. The lowest BCUT2D eigenvalue weighted by Crippen LogP contribution is -2.46. The Kier molecular flexibility index (Phi) is 3.10. The van der Waals surface area contributed by atoms with Crippen LogP contribution >= 0.6 is 0 Å². The topological polar surface area (TPSA) is 47.3 Å². The standard InChI is InChI=1S/C11H22N2O/c1-11(5-6-14-8-11)13-7-9-3-2-4-10(9)12/h9-10,13H,2-8,12H2,1H3. The lowest BCUT2D eigenvalue weighted by Gasteiger charge is -2.27. The predicted molar refractivity (Wildman–Crippen MR) is 57.2 cm³/mol. The third kappa shape index (κ3) is 2.27. The maximum absolute atomic E-state index is 6.04. The predicted octanol–water partition coefficient (Wildman–Crippen LogP) is 0.882. The Morgan fingerprint density at radius 3 is 2.93 bits per heavy atom. The highest BCUT2D eigenvalue weighted by Gasteiger charge is 2.31. The van der Waals surface area contributed by atoms with Crippen LogP contribution in [0.15, 0.2) is 0 Å². The monoisotopic (exact) mass is 198 g/mol. The van der Waals surface area contributed by atoms with Gasteiger partial charge in [0.2, 0.25) is 0 Å². The molecule has 14 heavy (non-hydrogen) atoms. The van der Waals surface area contributed by atoms with Gasteiger partial charge in [0, 0.05) is 24.7 Å². The minimum atomic E-state index is 0.211. The Bertz CT molecular complexity index is 190. The van der Waals surface area contributed by atoms with Gasteiger partial charge >= 0.3 is 0 Å². The summed E-state index contributed by atoms with van der Waals surface area (Å²) in [6.45, 7) is 5.08. The van der Waals surface area contributed by atoms with Crippen LogP contribution in [0.4, 0.5) is 0 Å². The van der Waals surface area contributed by atoms with Crippen LogP contribution in [0, 0.1) is 5.92 Å². The maximum Gasteiger partial charge on any atom is 0.0646 e. The first kappa shape index (κ1) is 10.4. The van der Waals surface area contributed by atoms with Crippen molar-refractivity contribution in [1.29, 1.82) is 0 Å². The highest BCUT2D eigenvalue weighted by molar-refractivity contribution is 4.90. The minimum Gasteiger partial charge on any atom is -0.379 e. The summed E-state index contributed by atoms with van der Waals surface area (Å²) in [5.74, 6) is 0.687. The SMILES string of the molecule is CC1(NCC2CCCC2N)CCOC1. The highest BCUT2D eigenvalue weighted by Crippen LogP contribution is 2.25. The molecule has 1 aliphatic carbocycles. The molecule has 0 spiro atoms. The smallest absolute Gasteiger partial charge is 0.0646 e. The molecule has 0 amide bonds. The van der Waals surface area contributed by atoms with Crippen molar-refractivity contribution in [2.75, 3.05) is 19.8 Å². The van der Waals surface area contributed by atoms with Crippen molar-refractivity contribution in [3.05, 3.63) is 0 Å². The van der Waals surface area contributed by atoms with E-state index in [0.717, 1.165) is 26.2 Å². The van der Waals surface area contributed by atoms with Crippen molar-refractivity contribution >= 4 is 0 Å². The number of nitrogens with one attached hydrogen (secondary N) is 1. The molecule has 3 atom stereocenters. The van der Waals surface area contributed by atoms with Gasteiger partial charge in [0.25, 0.3) is 0 Å². The molecule has 0 aromatic rings. The molecule has 3 N–H and O–H groups in total. The number of hydrogen-bond acceptors (Lipinski definition) is 3. The molecule has 82 valence electrons. The Hall–Kier alpha value is -0.120. The molecule has 1 saturated carbocycles. The molecular formula is C11H22N2O. The van der Waals surface area contributed by atoms with E-state index in [1.54, 1.807) is 0 Å². The third-order valence-electron chi connectivity index (χ3n) is 3.73. The van der Waals surface area contributed by atoms with E-state index in [1.165, 1.54) is 19.3 Å². The van der Waals surface area contributed by atoms with E-state index >= 15 is 0 Å². The maximum atomic E-state index is 6.04. The second kappa shape index (κ2) is 4.17. The van der Waals surface area contributed by atoms with Crippen LogP contribution in [-0.2, 0) is 4.74 Å². The van der Waals surface area contributed by atoms with E-state index < -0.39 is 0 Å². The van der Waals surface area contributed by atoms with Gasteiger partial charge in [0.05, 0.1) is 6.61 Å². The van der Waals surface area contributed by atoms with E-state index in [-0.39, 0.29) is 5.54 Å². The Morgan fingerprint density at radius 2 is 2.36 bits per heavy atom. The van der Waals surface area contributed by atoms with Gasteiger partial charge in [-0.15, -0.1) is 0 Å². The first-order valence-electron chi connectivity index (χ1n) is 5.78. The van der Waals surface area contributed by atoms with E-state index in [4.69, 9.17) is 10.5 Å². The summed E-state index contributed by atoms with van der Waals surface area (Å²) in [6.07, 6.45) is 4.94. The average Bonchev–Trinajstić information content (AvgIpc) is 2.73. The Morgan fingerprint density at radius 1 is 1.50 bits per heavy atom. The van der Waals surface area contributed by atoms with E-state index in [0.29, 0.717) is 12.0 Å². The van der Waals surface area contributed by atoms with Crippen LogP contribution in [0.2, 0.25) is 0 Å². The molecule has 1 saturated heterocycles. The zero-order valence-electron chi connectivity index (χ0n) is 9.09. The quantitative estimate of drug-likeness (QED) is 0.708. The van der Waals surface area contributed by atoms with Crippen molar-refractivity contribution in [1.82, 2.24) is 5.32 Å². The Balaban J connectivity index is 1.75. The van der Waals surface area contributed by atoms with Gasteiger partial charge in [-0.05, 0) is 32.1 Å². The molecule has 2 aliphatic rings. The summed E-state index contributed by atoms with van der Waals surface area (Å²) in [7, 11) is 0. The van der Waals surface area contributed by atoms with Crippen molar-refractivity contribution < 1.29 is 4.74 Å². The first-order chi connectivity index (χ1) is 6.70.